The maximum atomic E-state index is 12.7. The van der Waals surface area contributed by atoms with Gasteiger partial charge in [-0.15, -0.1) is 16.8 Å². The Bertz CT molecular complexity index is 955. The predicted molar refractivity (Wildman–Crippen MR) is 104 cm³/mol. The Kier molecular flexibility index (Phi) is 6.64. The Labute approximate surface area is 170 Å². The van der Waals surface area contributed by atoms with Crippen molar-refractivity contribution < 1.29 is 18.0 Å². The fourth-order valence-electron chi connectivity index (χ4n) is 2.59. The first kappa shape index (κ1) is 21.0. The number of allylic oxidation sites excluding steroid dienone is 1. The van der Waals surface area contributed by atoms with Crippen LogP contribution in [0.5, 0.6) is 0 Å². The number of nitrogens with zero attached hydrogens (tertiary/aromatic N) is 3. The molecule has 9 heteroatoms. The van der Waals surface area contributed by atoms with E-state index in [1.807, 2.05) is 4.57 Å². The maximum absolute atomic E-state index is 12.7. The number of carbonyl (C=O) groups is 1. The molecule has 152 valence electrons. The third kappa shape index (κ3) is 5.87. The lowest BCUT2D eigenvalue weighted by molar-refractivity contribution is -0.137. The standard InChI is InChI=1S/C20H19F3N4OS/c1-2-11-27-18(15-8-9-15)25-26-19(27)29-13-17(28)24-10-4-6-14-5-3-7-16(12-14)20(21,22)23/h2-3,5,7,12,15H,1,8-11,13H2,(H,24,28). The second kappa shape index (κ2) is 9.18. The summed E-state index contributed by atoms with van der Waals surface area (Å²) in [5, 5.41) is 11.7. The monoisotopic (exact) mass is 420 g/mol. The van der Waals surface area contributed by atoms with Gasteiger partial charge in [-0.1, -0.05) is 35.7 Å². The Morgan fingerprint density at radius 2 is 2.17 bits per heavy atom. The van der Waals surface area contributed by atoms with Crippen LogP contribution < -0.4 is 5.32 Å². The number of thioether (sulfide) groups is 1. The van der Waals surface area contributed by atoms with Crippen LogP contribution in [-0.2, 0) is 17.5 Å². The van der Waals surface area contributed by atoms with Gasteiger partial charge in [0.25, 0.3) is 0 Å². The Balaban J connectivity index is 1.49. The van der Waals surface area contributed by atoms with Crippen molar-refractivity contribution in [2.24, 2.45) is 0 Å². The van der Waals surface area contributed by atoms with Gasteiger partial charge in [0.1, 0.15) is 5.82 Å². The molecule has 0 bridgehead atoms. The number of alkyl halides is 3. The molecule has 1 saturated carbocycles. The molecule has 5 nitrogen and oxygen atoms in total. The van der Waals surface area contributed by atoms with Crippen molar-refractivity contribution in [2.45, 2.75) is 36.6 Å². The number of carbonyl (C=O) groups excluding carboxylic acids is 1. The number of hydrogen-bond acceptors (Lipinski definition) is 4. The molecule has 1 aliphatic carbocycles. The van der Waals surface area contributed by atoms with E-state index in [1.54, 1.807) is 6.08 Å². The summed E-state index contributed by atoms with van der Waals surface area (Å²) in [4.78, 5) is 12.0. The van der Waals surface area contributed by atoms with Crippen LogP contribution in [-0.4, -0.2) is 33.0 Å². The Morgan fingerprint density at radius 1 is 1.38 bits per heavy atom. The predicted octanol–water partition coefficient (Wildman–Crippen LogP) is 3.62. The van der Waals surface area contributed by atoms with Gasteiger partial charge in [-0.2, -0.15) is 13.2 Å². The summed E-state index contributed by atoms with van der Waals surface area (Å²) in [6, 6.07) is 4.76. The zero-order valence-electron chi connectivity index (χ0n) is 15.5. The van der Waals surface area contributed by atoms with Crippen LogP contribution in [0.15, 0.2) is 42.1 Å². The van der Waals surface area contributed by atoms with E-state index in [9.17, 15) is 18.0 Å². The molecule has 0 spiro atoms. The number of amides is 1. The molecule has 29 heavy (non-hydrogen) atoms. The van der Waals surface area contributed by atoms with Gasteiger partial charge in [-0.25, -0.2) is 0 Å². The summed E-state index contributed by atoms with van der Waals surface area (Å²) < 4.78 is 40.0. The van der Waals surface area contributed by atoms with Crippen molar-refractivity contribution >= 4 is 17.7 Å². The molecule has 0 saturated heterocycles. The third-order valence-corrected chi connectivity index (χ3v) is 5.10. The second-order valence-corrected chi connectivity index (χ2v) is 7.40. The summed E-state index contributed by atoms with van der Waals surface area (Å²) in [6.45, 7) is 4.38. The summed E-state index contributed by atoms with van der Waals surface area (Å²) in [6.07, 6.45) is -0.437. The zero-order valence-corrected chi connectivity index (χ0v) is 16.3. The van der Waals surface area contributed by atoms with E-state index in [0.717, 1.165) is 30.8 Å². The van der Waals surface area contributed by atoms with Gasteiger partial charge in [0, 0.05) is 18.0 Å². The SMILES string of the molecule is C=CCn1c(SCC(=O)NCC#Cc2cccc(C(F)(F)F)c2)nnc1C1CC1. The lowest BCUT2D eigenvalue weighted by Crippen LogP contribution is -2.25. The van der Waals surface area contributed by atoms with Crippen LogP contribution in [0.1, 0.15) is 35.7 Å². The highest BCUT2D eigenvalue weighted by Crippen LogP contribution is 2.40. The molecule has 3 rings (SSSR count). The van der Waals surface area contributed by atoms with Gasteiger partial charge >= 0.3 is 6.18 Å². The number of aromatic nitrogens is 3. The first-order valence-corrected chi connectivity index (χ1v) is 9.96. The summed E-state index contributed by atoms with van der Waals surface area (Å²) in [5.41, 5.74) is -0.507. The van der Waals surface area contributed by atoms with Crippen molar-refractivity contribution in [2.75, 3.05) is 12.3 Å². The van der Waals surface area contributed by atoms with Crippen molar-refractivity contribution in [3.63, 3.8) is 0 Å². The fourth-order valence-corrected chi connectivity index (χ4v) is 3.38. The van der Waals surface area contributed by atoms with E-state index in [-0.39, 0.29) is 23.8 Å². The lowest BCUT2D eigenvalue weighted by Gasteiger charge is -2.06. The molecular weight excluding hydrogens is 401 g/mol. The van der Waals surface area contributed by atoms with E-state index in [1.165, 1.54) is 23.9 Å². The van der Waals surface area contributed by atoms with Crippen molar-refractivity contribution in [3.8, 4) is 11.8 Å². The molecule has 2 aromatic rings. The van der Waals surface area contributed by atoms with Gasteiger partial charge < -0.3 is 9.88 Å². The minimum Gasteiger partial charge on any atom is -0.344 e. The van der Waals surface area contributed by atoms with E-state index < -0.39 is 11.7 Å². The van der Waals surface area contributed by atoms with Crippen LogP contribution in [0.4, 0.5) is 13.2 Å². The van der Waals surface area contributed by atoms with Crippen LogP contribution in [0, 0.1) is 11.8 Å². The number of nitrogens with one attached hydrogen (secondary N) is 1. The number of hydrogen-bond donors (Lipinski definition) is 1. The summed E-state index contributed by atoms with van der Waals surface area (Å²) >= 11 is 1.28. The Morgan fingerprint density at radius 3 is 2.86 bits per heavy atom. The number of halogens is 3. The zero-order chi connectivity index (χ0) is 20.9. The molecule has 0 unspecified atom stereocenters. The quantitative estimate of drug-likeness (QED) is 0.422. The van der Waals surface area contributed by atoms with E-state index in [4.69, 9.17) is 0 Å². The highest BCUT2D eigenvalue weighted by molar-refractivity contribution is 7.99. The molecule has 0 aliphatic heterocycles. The molecule has 1 aromatic carbocycles. The van der Waals surface area contributed by atoms with E-state index in [0.29, 0.717) is 17.6 Å². The minimum atomic E-state index is -4.41. The largest absolute Gasteiger partial charge is 0.416 e. The van der Waals surface area contributed by atoms with Gasteiger partial charge in [0.05, 0.1) is 17.9 Å². The third-order valence-electron chi connectivity index (χ3n) is 4.13. The average molecular weight is 420 g/mol. The van der Waals surface area contributed by atoms with Crippen molar-refractivity contribution in [1.29, 1.82) is 0 Å². The molecule has 1 amide bonds. The van der Waals surface area contributed by atoms with Crippen LogP contribution in [0.2, 0.25) is 0 Å². The lowest BCUT2D eigenvalue weighted by atomic mass is 10.1. The molecule has 1 aromatic heterocycles. The summed E-state index contributed by atoms with van der Waals surface area (Å²) in [5.74, 6) is 6.56. The Hall–Kier alpha value is -2.73. The van der Waals surface area contributed by atoms with Gasteiger partial charge in [-0.05, 0) is 31.0 Å². The molecule has 1 fully saturated rings. The first-order chi connectivity index (χ1) is 13.9. The topological polar surface area (TPSA) is 59.8 Å². The molecule has 0 atom stereocenters. The van der Waals surface area contributed by atoms with Gasteiger partial charge in [0.15, 0.2) is 5.16 Å². The second-order valence-electron chi connectivity index (χ2n) is 6.46. The van der Waals surface area contributed by atoms with Gasteiger partial charge in [0.2, 0.25) is 5.91 Å². The van der Waals surface area contributed by atoms with E-state index >= 15 is 0 Å². The van der Waals surface area contributed by atoms with Crippen LogP contribution >= 0.6 is 11.8 Å². The molecule has 1 heterocycles. The fraction of sp³-hybridized carbons (Fsp3) is 0.350. The smallest absolute Gasteiger partial charge is 0.344 e. The average Bonchev–Trinajstić information content (AvgIpc) is 3.45. The molecule has 0 radical (unpaired) electrons. The van der Waals surface area contributed by atoms with Crippen molar-refractivity contribution in [1.82, 2.24) is 20.1 Å². The van der Waals surface area contributed by atoms with Gasteiger partial charge in [-0.3, -0.25) is 4.79 Å². The highest BCUT2D eigenvalue weighted by atomic mass is 32.2. The molecule has 1 N–H and O–H groups in total. The maximum Gasteiger partial charge on any atom is 0.416 e. The van der Waals surface area contributed by atoms with Crippen LogP contribution in [0.3, 0.4) is 0 Å². The number of benzene rings is 1. The van der Waals surface area contributed by atoms with Crippen molar-refractivity contribution in [3.05, 3.63) is 53.9 Å². The highest BCUT2D eigenvalue weighted by Gasteiger charge is 2.31. The molecular formula is C20H19F3N4OS. The van der Waals surface area contributed by atoms with Crippen LogP contribution in [0.25, 0.3) is 0 Å². The van der Waals surface area contributed by atoms with E-state index in [2.05, 4.69) is 33.9 Å². The summed E-state index contributed by atoms with van der Waals surface area (Å²) in [7, 11) is 0. The minimum absolute atomic E-state index is 0.0440. The molecule has 1 aliphatic rings. The normalized spacial score (nSPS) is 13.5. The number of rotatable bonds is 7. The first-order valence-electron chi connectivity index (χ1n) is 8.98.